The normalized spacial score (nSPS) is 21.1. The van der Waals surface area contributed by atoms with Crippen LogP contribution in [0.15, 0.2) is 113 Å². The first-order valence-corrected chi connectivity index (χ1v) is 17.4. The molecule has 0 saturated carbocycles. The van der Waals surface area contributed by atoms with Gasteiger partial charge < -0.3 is 42.6 Å². The Kier molecular flexibility index (Phi) is 11.3. The second-order valence-electron chi connectivity index (χ2n) is 10.2. The third-order valence-electron chi connectivity index (χ3n) is 6.60. The topological polar surface area (TPSA) is 234 Å². The minimum absolute atomic E-state index is 0.0376. The average molecular weight is 716 g/mol. The molecule has 1 saturated heterocycles. The molecule has 1 aliphatic heterocycles. The number of aromatic nitrogens is 2. The Morgan fingerprint density at radius 3 is 1.86 bits per heavy atom. The van der Waals surface area contributed by atoms with Crippen LogP contribution in [-0.4, -0.2) is 46.8 Å². The van der Waals surface area contributed by atoms with Gasteiger partial charge in [0.15, 0.2) is 18.4 Å². The summed E-state index contributed by atoms with van der Waals surface area (Å²) in [7, 11) is -10.7. The second-order valence-corrected chi connectivity index (χ2v) is 13.5. The lowest BCUT2D eigenvalue weighted by Crippen LogP contribution is -2.43. The summed E-state index contributed by atoms with van der Waals surface area (Å²) in [5.74, 6) is 0.0858. The number of hydrogen-bond acceptors (Lipinski definition) is 15. The van der Waals surface area contributed by atoms with Crippen molar-refractivity contribution in [2.75, 3.05) is 6.61 Å². The van der Waals surface area contributed by atoms with Crippen molar-refractivity contribution in [3.05, 3.63) is 130 Å². The van der Waals surface area contributed by atoms with Gasteiger partial charge in [0, 0.05) is 18.4 Å². The number of para-hydroxylation sites is 2. The van der Waals surface area contributed by atoms with Gasteiger partial charge in [-0.25, -0.2) is 14.4 Å². The summed E-state index contributed by atoms with van der Waals surface area (Å²) in [5.41, 5.74) is -1.61. The Morgan fingerprint density at radius 2 is 1.31 bits per heavy atom. The molecule has 258 valence electrons. The number of nitrogens with one attached hydrogen (secondary N) is 1. The van der Waals surface area contributed by atoms with Crippen LogP contribution in [0.25, 0.3) is 0 Å². The zero-order chi connectivity index (χ0) is 35.0. The number of benzene rings is 3. The zero-order valence-corrected chi connectivity index (χ0v) is 26.8. The quantitative estimate of drug-likeness (QED) is 0.126. The van der Waals surface area contributed by atoms with Gasteiger partial charge in [0.2, 0.25) is 0 Å². The van der Waals surface area contributed by atoms with Gasteiger partial charge in [-0.3, -0.25) is 23.2 Å². The Bertz CT molecular complexity index is 1960. The van der Waals surface area contributed by atoms with E-state index in [4.69, 9.17) is 28.2 Å². The van der Waals surface area contributed by atoms with E-state index in [1.165, 1.54) is 36.4 Å². The number of nitrogens with zero attached hydrogens (tertiary/aromatic N) is 1. The lowest BCUT2D eigenvalue weighted by atomic mass is 10.1. The third kappa shape index (κ3) is 10.1. The van der Waals surface area contributed by atoms with E-state index in [0.717, 1.165) is 16.8 Å². The molecule has 0 radical (unpaired) electrons. The summed E-state index contributed by atoms with van der Waals surface area (Å²) in [6.45, 7) is -1.09. The maximum atomic E-state index is 12.9. The lowest BCUT2D eigenvalue weighted by molar-refractivity contribution is -0.234. The summed E-state index contributed by atoms with van der Waals surface area (Å²) in [5, 5.41) is 0. The van der Waals surface area contributed by atoms with Gasteiger partial charge in [-0.05, 0) is 29.8 Å². The fraction of sp³-hybridized carbons (Fsp3) is 0.200. The summed E-state index contributed by atoms with van der Waals surface area (Å²) in [6.07, 6.45) is -9.53. The largest absolute Gasteiger partial charge is 0.778 e. The molecule has 1 aliphatic rings. The van der Waals surface area contributed by atoms with Crippen molar-refractivity contribution >= 4 is 27.7 Å². The molecule has 0 amide bonds. The standard InChI is InChI=1S/C30H28N2O15P2/c33-24-16-17-32(28(34)31-24)27-26(46-30(36)43-22-14-8-3-9-15-22)25(45-29(35)42-21-12-6-2-7-13-21)23(44-27)18-41-49(39,40)47-48(37,38)19-20-10-4-1-5-11-20/h1-17,23,25-27H,18-19H2,(H,37,38)(H,39,40)(H,31,33,34)/p-2/t23-,25?,26+,27-/m1/s1. The first-order chi connectivity index (χ1) is 23.4. The van der Waals surface area contributed by atoms with E-state index in [2.05, 4.69) is 4.31 Å². The Labute approximate surface area is 276 Å². The molecule has 3 unspecified atom stereocenters. The number of hydrogen-bond donors (Lipinski definition) is 1. The molecule has 2 heterocycles. The van der Waals surface area contributed by atoms with E-state index in [0.29, 0.717) is 0 Å². The summed E-state index contributed by atoms with van der Waals surface area (Å²) in [4.78, 5) is 77.5. The van der Waals surface area contributed by atoms with Crippen LogP contribution in [0.1, 0.15) is 11.8 Å². The van der Waals surface area contributed by atoms with Gasteiger partial charge in [-0.2, -0.15) is 0 Å². The molecule has 17 nitrogen and oxygen atoms in total. The highest BCUT2D eigenvalue weighted by molar-refractivity contribution is 7.62. The molecule has 19 heteroatoms. The van der Waals surface area contributed by atoms with E-state index in [-0.39, 0.29) is 17.1 Å². The smallest absolute Gasteiger partial charge is 0.514 e. The van der Waals surface area contributed by atoms with Crippen LogP contribution < -0.4 is 30.5 Å². The monoisotopic (exact) mass is 716 g/mol. The molecular weight excluding hydrogens is 690 g/mol. The SMILES string of the molecule is O=C(Oc1ccccc1)OC1[C@@H](COP(=O)([O-])OP(=O)([O-])Cc2ccccc2)O[C@@H](n2ccc(=O)[nH]c2=O)[C@H]1OC(=O)Oc1ccccc1. The lowest BCUT2D eigenvalue weighted by Gasteiger charge is -2.32. The van der Waals surface area contributed by atoms with Gasteiger partial charge in [0.25, 0.3) is 13.4 Å². The molecule has 3 aromatic carbocycles. The van der Waals surface area contributed by atoms with E-state index in [1.54, 1.807) is 54.6 Å². The minimum Gasteiger partial charge on any atom is -0.778 e. The van der Waals surface area contributed by atoms with Crippen molar-refractivity contribution < 1.29 is 61.0 Å². The molecule has 0 aliphatic carbocycles. The fourth-order valence-electron chi connectivity index (χ4n) is 4.58. The van der Waals surface area contributed by atoms with Crippen LogP contribution >= 0.6 is 15.4 Å². The highest BCUT2D eigenvalue weighted by Crippen LogP contribution is 2.56. The molecule has 0 spiro atoms. The maximum Gasteiger partial charge on any atom is 0.514 e. The molecular formula is C30H26N2O15P2-2. The van der Waals surface area contributed by atoms with Crippen molar-refractivity contribution in [3.63, 3.8) is 0 Å². The molecule has 49 heavy (non-hydrogen) atoms. The molecule has 1 fully saturated rings. The number of ether oxygens (including phenoxy) is 5. The van der Waals surface area contributed by atoms with Crippen LogP contribution in [0.5, 0.6) is 11.5 Å². The maximum absolute atomic E-state index is 12.9. The number of aromatic amines is 1. The van der Waals surface area contributed by atoms with Crippen LogP contribution in [0.3, 0.4) is 0 Å². The number of phosphoric acid groups is 1. The van der Waals surface area contributed by atoms with Crippen LogP contribution in [0.2, 0.25) is 0 Å². The van der Waals surface area contributed by atoms with Crippen LogP contribution in [0, 0.1) is 0 Å². The van der Waals surface area contributed by atoms with Gasteiger partial charge >= 0.3 is 18.0 Å². The van der Waals surface area contributed by atoms with Gasteiger partial charge in [0.05, 0.1) is 6.61 Å². The summed E-state index contributed by atoms with van der Waals surface area (Å²) < 4.78 is 62.2. The van der Waals surface area contributed by atoms with E-state index < -0.39 is 76.3 Å². The van der Waals surface area contributed by atoms with E-state index >= 15 is 0 Å². The molecule has 5 rings (SSSR count). The number of phosphoric ester groups is 1. The second kappa shape index (κ2) is 15.6. The molecule has 1 aromatic heterocycles. The van der Waals surface area contributed by atoms with Crippen molar-refractivity contribution in [1.29, 1.82) is 0 Å². The molecule has 4 aromatic rings. The van der Waals surface area contributed by atoms with Crippen LogP contribution in [0.4, 0.5) is 9.59 Å². The van der Waals surface area contributed by atoms with Crippen molar-refractivity contribution in [3.8, 4) is 11.5 Å². The Hall–Kier alpha value is -4.86. The first kappa shape index (κ1) is 35.4. The van der Waals surface area contributed by atoms with Gasteiger partial charge in [-0.15, -0.1) is 0 Å². The third-order valence-corrected chi connectivity index (χ3v) is 9.62. The van der Waals surface area contributed by atoms with Gasteiger partial charge in [0.1, 0.15) is 25.2 Å². The number of carbonyl (C=O) groups is 2. The molecule has 1 N–H and O–H groups in total. The van der Waals surface area contributed by atoms with E-state index in [9.17, 15) is 38.1 Å². The zero-order valence-electron chi connectivity index (χ0n) is 25.0. The van der Waals surface area contributed by atoms with Crippen molar-refractivity contribution in [2.24, 2.45) is 0 Å². The summed E-state index contributed by atoms with van der Waals surface area (Å²) >= 11 is 0. The van der Waals surface area contributed by atoms with Crippen molar-refractivity contribution in [1.82, 2.24) is 9.55 Å². The highest BCUT2D eigenvalue weighted by atomic mass is 31.3. The first-order valence-electron chi connectivity index (χ1n) is 14.2. The molecule has 6 atom stereocenters. The fourth-order valence-corrected chi connectivity index (χ4v) is 7.20. The minimum atomic E-state index is -5.65. The van der Waals surface area contributed by atoms with Crippen LogP contribution in [-0.2, 0) is 38.3 Å². The molecule has 0 bridgehead atoms. The Morgan fingerprint density at radius 1 is 0.776 bits per heavy atom. The van der Waals surface area contributed by atoms with Crippen molar-refractivity contribution in [2.45, 2.75) is 30.7 Å². The number of H-pyrrole nitrogens is 1. The number of rotatable bonds is 12. The number of carbonyl (C=O) groups excluding carboxylic acids is 2. The highest BCUT2D eigenvalue weighted by Gasteiger charge is 2.52. The van der Waals surface area contributed by atoms with E-state index in [1.807, 2.05) is 4.98 Å². The predicted octanol–water partition coefficient (Wildman–Crippen LogP) is 2.86. The van der Waals surface area contributed by atoms with Gasteiger partial charge in [-0.1, -0.05) is 66.7 Å². The average Bonchev–Trinajstić information content (AvgIpc) is 3.36. The Balaban J connectivity index is 1.42. The predicted molar refractivity (Wildman–Crippen MR) is 162 cm³/mol. The summed E-state index contributed by atoms with van der Waals surface area (Å²) in [6, 6.07) is 23.8.